The van der Waals surface area contributed by atoms with Gasteiger partial charge in [-0.3, -0.25) is 9.88 Å². The molecule has 5 aliphatic rings. The van der Waals surface area contributed by atoms with Gasteiger partial charge >= 0.3 is 6.09 Å². The molecule has 4 aromatic rings. The zero-order valence-corrected chi connectivity index (χ0v) is 41.4. The number of aromatic nitrogens is 1. The molecule has 0 radical (unpaired) electrons. The van der Waals surface area contributed by atoms with Crippen molar-refractivity contribution in [2.75, 3.05) is 46.4 Å². The summed E-state index contributed by atoms with van der Waals surface area (Å²) in [6.45, 7) is 7.87. The van der Waals surface area contributed by atoms with E-state index in [0.29, 0.717) is 61.2 Å². The van der Waals surface area contributed by atoms with Crippen LogP contribution in [-0.2, 0) is 43.5 Å². The van der Waals surface area contributed by atoms with Gasteiger partial charge < -0.3 is 52.9 Å². The maximum atomic E-state index is 15.2. The minimum Gasteiger partial charge on any atom is -0.487 e. The number of oxime groups is 1. The lowest BCUT2D eigenvalue weighted by Crippen LogP contribution is -2.70. The van der Waals surface area contributed by atoms with Crippen molar-refractivity contribution in [2.45, 2.75) is 115 Å². The van der Waals surface area contributed by atoms with Crippen LogP contribution in [0.25, 0.3) is 0 Å². The first kappa shape index (κ1) is 51.0. The molecule has 15 heteroatoms. The minimum absolute atomic E-state index is 0.00524. The fourth-order valence-electron chi connectivity index (χ4n) is 11.1. The Labute approximate surface area is 422 Å². The van der Waals surface area contributed by atoms with Crippen LogP contribution in [-0.4, -0.2) is 96.5 Å². The van der Waals surface area contributed by atoms with Crippen molar-refractivity contribution >= 4 is 11.8 Å². The SMILES string of the molecule is C=CCOC12Oc3ccc(OCc4cccc(C)n4)cc3C3C(CCCCO)C(CCCCO)C=C(C(=NOC4CCCCO4)CC1N(Cc1ccc4c(c1)OCO4)C(=O)OCCOCc1ccccc1)C32. The molecule has 7 unspecified atom stereocenters. The number of benzene rings is 3. The van der Waals surface area contributed by atoms with E-state index in [0.717, 1.165) is 72.2 Å². The zero-order valence-electron chi connectivity index (χ0n) is 41.4. The summed E-state index contributed by atoms with van der Waals surface area (Å²) in [4.78, 5) is 27.9. The van der Waals surface area contributed by atoms with Crippen molar-refractivity contribution in [1.29, 1.82) is 0 Å². The number of aliphatic hydroxyl groups excluding tert-OH is 2. The van der Waals surface area contributed by atoms with E-state index in [4.69, 9.17) is 47.9 Å². The van der Waals surface area contributed by atoms with Gasteiger partial charge in [-0.05, 0) is 116 Å². The summed E-state index contributed by atoms with van der Waals surface area (Å²) in [5, 5.41) is 25.2. The summed E-state index contributed by atoms with van der Waals surface area (Å²) in [6.07, 6.45) is 10.1. The van der Waals surface area contributed by atoms with Crippen LogP contribution >= 0.6 is 0 Å². The second-order valence-electron chi connectivity index (χ2n) is 19.2. The van der Waals surface area contributed by atoms with Crippen LogP contribution in [0.1, 0.15) is 98.2 Å². The van der Waals surface area contributed by atoms with E-state index >= 15 is 4.79 Å². The molecule has 2 aliphatic carbocycles. The normalized spacial score (nSPS) is 24.3. The molecule has 1 amide bonds. The Balaban J connectivity index is 1.17. The smallest absolute Gasteiger partial charge is 0.410 e. The number of fused-ring (bicyclic) bond motifs is 3. The van der Waals surface area contributed by atoms with Gasteiger partial charge in [0.05, 0.1) is 43.8 Å². The van der Waals surface area contributed by atoms with Crippen LogP contribution in [0, 0.1) is 24.7 Å². The summed E-state index contributed by atoms with van der Waals surface area (Å²) in [6, 6.07) is 26.5. The van der Waals surface area contributed by atoms with Gasteiger partial charge in [-0.25, -0.2) is 4.79 Å². The summed E-state index contributed by atoms with van der Waals surface area (Å²) >= 11 is 0. The topological polar surface area (TPSA) is 169 Å². The highest BCUT2D eigenvalue weighted by Crippen LogP contribution is 2.62. The van der Waals surface area contributed by atoms with Gasteiger partial charge in [-0.15, -0.1) is 6.58 Å². The van der Waals surface area contributed by atoms with Crippen LogP contribution < -0.4 is 18.9 Å². The lowest BCUT2D eigenvalue weighted by molar-refractivity contribution is -0.256. The molecule has 384 valence electrons. The predicted octanol–water partition coefficient (Wildman–Crippen LogP) is 9.71. The third-order valence-corrected chi connectivity index (χ3v) is 14.4. The number of unbranched alkanes of at least 4 members (excludes halogenated alkanes) is 2. The van der Waals surface area contributed by atoms with E-state index in [9.17, 15) is 10.2 Å². The molecule has 3 aromatic carbocycles. The van der Waals surface area contributed by atoms with E-state index in [-0.39, 0.29) is 77.2 Å². The van der Waals surface area contributed by atoms with Gasteiger partial charge in [-0.2, -0.15) is 0 Å². The fraction of sp³-hybridized carbons (Fsp3) is 0.491. The van der Waals surface area contributed by atoms with Gasteiger partial charge in [0.1, 0.15) is 30.8 Å². The van der Waals surface area contributed by atoms with Crippen LogP contribution in [0.3, 0.4) is 0 Å². The van der Waals surface area contributed by atoms with Crippen molar-refractivity contribution in [3.63, 3.8) is 0 Å². The van der Waals surface area contributed by atoms with E-state index in [1.54, 1.807) is 11.0 Å². The number of aryl methyl sites for hydroxylation is 1. The number of carbonyl (C=O) groups excluding carboxylic acids is 1. The molecule has 4 heterocycles. The molecule has 1 saturated carbocycles. The summed E-state index contributed by atoms with van der Waals surface area (Å²) < 4.78 is 51.0. The quantitative estimate of drug-likeness (QED) is 0.0387. The second kappa shape index (κ2) is 24.6. The van der Waals surface area contributed by atoms with Crippen molar-refractivity contribution in [3.05, 3.63) is 137 Å². The predicted molar refractivity (Wildman–Crippen MR) is 268 cm³/mol. The number of pyridine rings is 1. The molecular weight excluding hydrogens is 919 g/mol. The van der Waals surface area contributed by atoms with Crippen LogP contribution in [0.15, 0.2) is 114 Å². The maximum absolute atomic E-state index is 15.2. The zero-order chi connectivity index (χ0) is 49.7. The Morgan fingerprint density at radius 2 is 1.74 bits per heavy atom. The molecule has 2 fully saturated rings. The molecule has 0 bridgehead atoms. The molecule has 72 heavy (non-hydrogen) atoms. The van der Waals surface area contributed by atoms with Gasteiger partial charge in [-0.1, -0.05) is 72.6 Å². The van der Waals surface area contributed by atoms with Crippen LogP contribution in [0.2, 0.25) is 0 Å². The maximum Gasteiger partial charge on any atom is 0.410 e. The highest BCUT2D eigenvalue weighted by atomic mass is 16.8. The molecule has 1 aromatic heterocycles. The summed E-state index contributed by atoms with van der Waals surface area (Å²) in [5.74, 6) is 0.141. The molecule has 7 atom stereocenters. The molecule has 1 saturated heterocycles. The number of allylic oxidation sites excluding steroid dienone is 1. The van der Waals surface area contributed by atoms with Gasteiger partial charge in [0.15, 0.2) is 11.5 Å². The summed E-state index contributed by atoms with van der Waals surface area (Å²) in [5.41, 5.74) is 6.01. The van der Waals surface area contributed by atoms with Gasteiger partial charge in [0.25, 0.3) is 0 Å². The lowest BCUT2D eigenvalue weighted by Gasteiger charge is -2.60. The Morgan fingerprint density at radius 3 is 2.54 bits per heavy atom. The number of hydrogen-bond donors (Lipinski definition) is 2. The molecule has 0 spiro atoms. The monoisotopic (exact) mass is 987 g/mol. The fourth-order valence-corrected chi connectivity index (χ4v) is 11.1. The Kier molecular flexibility index (Phi) is 17.4. The first-order valence-corrected chi connectivity index (χ1v) is 25.7. The molecule has 9 rings (SSSR count). The Hall–Kier alpha value is -5.97. The van der Waals surface area contributed by atoms with Crippen molar-refractivity contribution in [3.8, 4) is 23.0 Å². The minimum atomic E-state index is -1.53. The molecular formula is C57H69N3O12. The average Bonchev–Trinajstić information content (AvgIpc) is 3.88. The van der Waals surface area contributed by atoms with E-state index in [1.807, 2.05) is 85.8 Å². The standard InChI is InChI=1S/C57H69N3O12/c1-3-27-70-57-52(60(35-41-21-23-50-51(31-41)69-38-68-50)56(63)66-30-29-64-36-40-15-5-4-6-16-40)34-48(59-72-53-20-9-12-28-65-53)46-32-42(17-7-10-25-61)45(19-8-11-26-62)54(55(46)57)47-33-44(22-24-49(47)71-57)67-37-43-18-13-14-39(2)58-43/h3-6,13-16,18,21-24,31-33,42,45,52-55,61-62H,1,7-12,17,19-20,25-30,34-38H2,2H3. The molecule has 3 aliphatic heterocycles. The third kappa shape index (κ3) is 11.9. The van der Waals surface area contributed by atoms with Gasteiger partial charge in [0.2, 0.25) is 18.9 Å². The van der Waals surface area contributed by atoms with Crippen molar-refractivity contribution < 1.29 is 57.7 Å². The van der Waals surface area contributed by atoms with Gasteiger partial charge in [0, 0.05) is 49.8 Å². The highest BCUT2D eigenvalue weighted by Gasteiger charge is 2.66. The summed E-state index contributed by atoms with van der Waals surface area (Å²) in [7, 11) is 0. The number of ether oxygens (including phenoxy) is 8. The van der Waals surface area contributed by atoms with Crippen LogP contribution in [0.4, 0.5) is 4.79 Å². The number of nitrogens with zero attached hydrogens (tertiary/aromatic N) is 3. The lowest BCUT2D eigenvalue weighted by atomic mass is 9.55. The number of rotatable bonds is 24. The highest BCUT2D eigenvalue weighted by molar-refractivity contribution is 6.03. The number of aliphatic hydroxyl groups is 2. The Bertz CT molecular complexity index is 2500. The first-order chi connectivity index (χ1) is 35.4. The number of carbonyl (C=O) groups is 1. The van der Waals surface area contributed by atoms with E-state index < -0.39 is 30.1 Å². The largest absolute Gasteiger partial charge is 0.487 e. The Morgan fingerprint density at radius 1 is 0.903 bits per heavy atom. The number of amides is 1. The second-order valence-corrected chi connectivity index (χ2v) is 19.2. The third-order valence-electron chi connectivity index (χ3n) is 14.4. The van der Waals surface area contributed by atoms with Crippen LogP contribution in [0.5, 0.6) is 23.0 Å². The van der Waals surface area contributed by atoms with E-state index in [2.05, 4.69) is 23.7 Å². The average molecular weight is 988 g/mol. The first-order valence-electron chi connectivity index (χ1n) is 25.7. The number of hydrogen-bond acceptors (Lipinski definition) is 14. The molecule has 2 N–H and O–H groups in total. The van der Waals surface area contributed by atoms with E-state index in [1.165, 1.54) is 0 Å². The molecule has 15 nitrogen and oxygen atoms in total. The van der Waals surface area contributed by atoms with Crippen molar-refractivity contribution in [2.24, 2.45) is 22.9 Å². The van der Waals surface area contributed by atoms with Crippen molar-refractivity contribution in [1.82, 2.24) is 9.88 Å².